The summed E-state index contributed by atoms with van der Waals surface area (Å²) in [6.07, 6.45) is 3.55. The van der Waals surface area contributed by atoms with E-state index in [1.165, 1.54) is 6.33 Å². The van der Waals surface area contributed by atoms with Crippen molar-refractivity contribution in [3.05, 3.63) is 36.5 Å². The van der Waals surface area contributed by atoms with Crippen molar-refractivity contribution in [3.63, 3.8) is 0 Å². The number of furan rings is 1. The van der Waals surface area contributed by atoms with Crippen molar-refractivity contribution >= 4 is 11.6 Å². The fourth-order valence-electron chi connectivity index (χ4n) is 1.39. The third-order valence-electron chi connectivity index (χ3n) is 2.23. The molecule has 0 fully saturated rings. The van der Waals surface area contributed by atoms with Gasteiger partial charge in [-0.1, -0.05) is 0 Å². The van der Waals surface area contributed by atoms with E-state index in [-0.39, 0.29) is 0 Å². The SMILES string of the molecule is N#CCCNc1cc(NCc2ccco2)ncn1. The Bertz CT molecular complexity index is 518. The molecule has 0 amide bonds. The molecule has 6 nitrogen and oxygen atoms in total. The number of aromatic nitrogens is 2. The second-order valence-electron chi connectivity index (χ2n) is 3.56. The van der Waals surface area contributed by atoms with Crippen molar-refractivity contribution in [2.45, 2.75) is 13.0 Å². The van der Waals surface area contributed by atoms with Crippen LogP contribution in [0.5, 0.6) is 0 Å². The van der Waals surface area contributed by atoms with Gasteiger partial charge in [0.25, 0.3) is 0 Å². The topological polar surface area (TPSA) is 86.8 Å². The molecule has 0 saturated carbocycles. The van der Waals surface area contributed by atoms with Crippen molar-refractivity contribution in [2.24, 2.45) is 0 Å². The quantitative estimate of drug-likeness (QED) is 0.755. The van der Waals surface area contributed by atoms with Crippen LogP contribution < -0.4 is 10.6 Å². The minimum absolute atomic E-state index is 0.444. The molecule has 0 radical (unpaired) electrons. The third kappa shape index (κ3) is 3.49. The minimum Gasteiger partial charge on any atom is -0.467 e. The van der Waals surface area contributed by atoms with Crippen molar-refractivity contribution < 1.29 is 4.42 Å². The summed E-state index contributed by atoms with van der Waals surface area (Å²) in [5, 5.41) is 14.6. The van der Waals surface area contributed by atoms with Gasteiger partial charge >= 0.3 is 0 Å². The van der Waals surface area contributed by atoms with Gasteiger partial charge in [-0.2, -0.15) is 5.26 Å². The molecule has 0 aliphatic rings. The zero-order chi connectivity index (χ0) is 12.6. The molecule has 2 heterocycles. The predicted octanol–water partition coefficient (Wildman–Crippen LogP) is 2.01. The molecule has 2 N–H and O–H groups in total. The van der Waals surface area contributed by atoms with E-state index in [1.807, 2.05) is 12.1 Å². The zero-order valence-electron chi connectivity index (χ0n) is 9.76. The molecule has 6 heteroatoms. The first kappa shape index (κ1) is 11.9. The first-order chi connectivity index (χ1) is 8.88. The van der Waals surface area contributed by atoms with Crippen LogP contribution in [0.3, 0.4) is 0 Å². The first-order valence-corrected chi connectivity index (χ1v) is 5.57. The van der Waals surface area contributed by atoms with Crippen LogP contribution >= 0.6 is 0 Å². The summed E-state index contributed by atoms with van der Waals surface area (Å²) >= 11 is 0. The summed E-state index contributed by atoms with van der Waals surface area (Å²) in [6.45, 7) is 1.15. The van der Waals surface area contributed by atoms with Crippen molar-refractivity contribution in [1.29, 1.82) is 5.26 Å². The van der Waals surface area contributed by atoms with Crippen LogP contribution in [0.15, 0.2) is 35.2 Å². The fourth-order valence-corrected chi connectivity index (χ4v) is 1.39. The van der Waals surface area contributed by atoms with E-state index >= 15 is 0 Å². The number of hydrogen-bond donors (Lipinski definition) is 2. The predicted molar refractivity (Wildman–Crippen MR) is 66.8 cm³/mol. The van der Waals surface area contributed by atoms with Crippen LogP contribution in [0, 0.1) is 11.3 Å². The Hall–Kier alpha value is -2.55. The summed E-state index contributed by atoms with van der Waals surface area (Å²) in [6, 6.07) is 7.58. The third-order valence-corrected chi connectivity index (χ3v) is 2.23. The molecule has 0 spiro atoms. The maximum absolute atomic E-state index is 8.44. The Morgan fingerprint density at radius 3 is 2.83 bits per heavy atom. The van der Waals surface area contributed by atoms with E-state index in [1.54, 1.807) is 12.3 Å². The number of nitriles is 1. The van der Waals surface area contributed by atoms with Crippen LogP contribution in [0.1, 0.15) is 12.2 Å². The van der Waals surface area contributed by atoms with E-state index in [4.69, 9.17) is 9.68 Å². The Morgan fingerprint density at radius 1 is 1.28 bits per heavy atom. The van der Waals surface area contributed by atoms with Crippen molar-refractivity contribution in [2.75, 3.05) is 17.2 Å². The maximum Gasteiger partial charge on any atom is 0.131 e. The van der Waals surface area contributed by atoms with E-state index in [0.29, 0.717) is 31.1 Å². The second-order valence-corrected chi connectivity index (χ2v) is 3.56. The van der Waals surface area contributed by atoms with Gasteiger partial charge in [0.2, 0.25) is 0 Å². The summed E-state index contributed by atoms with van der Waals surface area (Å²) in [5.41, 5.74) is 0. The normalized spacial score (nSPS) is 9.72. The van der Waals surface area contributed by atoms with Gasteiger partial charge in [-0.05, 0) is 12.1 Å². The lowest BCUT2D eigenvalue weighted by atomic mass is 10.4. The summed E-state index contributed by atoms with van der Waals surface area (Å²) in [5.74, 6) is 2.25. The molecule has 0 saturated heterocycles. The van der Waals surface area contributed by atoms with Gasteiger partial charge in [0.05, 0.1) is 25.3 Å². The molecule has 0 bridgehead atoms. The van der Waals surface area contributed by atoms with E-state index in [0.717, 1.165) is 5.76 Å². The number of nitrogens with one attached hydrogen (secondary N) is 2. The lowest BCUT2D eigenvalue weighted by Crippen LogP contribution is -2.05. The maximum atomic E-state index is 8.44. The van der Waals surface area contributed by atoms with Crippen LogP contribution in [-0.4, -0.2) is 16.5 Å². The number of nitrogens with zero attached hydrogens (tertiary/aromatic N) is 3. The van der Waals surface area contributed by atoms with E-state index in [9.17, 15) is 0 Å². The van der Waals surface area contributed by atoms with Gasteiger partial charge in [0, 0.05) is 12.6 Å². The van der Waals surface area contributed by atoms with Gasteiger partial charge in [-0.3, -0.25) is 0 Å². The highest BCUT2D eigenvalue weighted by molar-refractivity contribution is 5.46. The van der Waals surface area contributed by atoms with Crippen LogP contribution in [0.2, 0.25) is 0 Å². The number of rotatable bonds is 6. The number of hydrogen-bond acceptors (Lipinski definition) is 6. The minimum atomic E-state index is 0.444. The molecule has 2 aromatic rings. The van der Waals surface area contributed by atoms with Crippen LogP contribution in [0.4, 0.5) is 11.6 Å². The Balaban J connectivity index is 1.88. The van der Waals surface area contributed by atoms with Crippen LogP contribution in [-0.2, 0) is 6.54 Å². The molecule has 0 atom stereocenters. The molecule has 92 valence electrons. The van der Waals surface area contributed by atoms with E-state index < -0.39 is 0 Å². The zero-order valence-corrected chi connectivity index (χ0v) is 9.76. The average Bonchev–Trinajstić information content (AvgIpc) is 2.90. The van der Waals surface area contributed by atoms with Gasteiger partial charge in [0.1, 0.15) is 23.7 Å². The standard InChI is InChI=1S/C12H13N5O/c13-4-2-5-14-11-7-12(17-9-16-11)15-8-10-3-1-6-18-10/h1,3,6-7,9H,2,5,8H2,(H2,14,15,16,17). The molecular weight excluding hydrogens is 230 g/mol. The molecule has 0 aromatic carbocycles. The van der Waals surface area contributed by atoms with Gasteiger partial charge in [-0.25, -0.2) is 9.97 Å². The fraction of sp³-hybridized carbons (Fsp3) is 0.250. The first-order valence-electron chi connectivity index (χ1n) is 5.57. The molecule has 0 aliphatic carbocycles. The average molecular weight is 243 g/mol. The van der Waals surface area contributed by atoms with E-state index in [2.05, 4.69) is 26.7 Å². The van der Waals surface area contributed by atoms with Crippen LogP contribution in [0.25, 0.3) is 0 Å². The molecule has 0 unspecified atom stereocenters. The molecule has 2 rings (SSSR count). The summed E-state index contributed by atoms with van der Waals surface area (Å²) in [4.78, 5) is 8.16. The Kier molecular flexibility index (Phi) is 4.14. The second kappa shape index (κ2) is 6.25. The largest absolute Gasteiger partial charge is 0.467 e. The Labute approximate surface area is 105 Å². The lowest BCUT2D eigenvalue weighted by Gasteiger charge is -2.06. The highest BCUT2D eigenvalue weighted by Crippen LogP contribution is 2.10. The molecule has 0 aliphatic heterocycles. The molecular formula is C12H13N5O. The van der Waals surface area contributed by atoms with Crippen molar-refractivity contribution in [3.8, 4) is 6.07 Å². The highest BCUT2D eigenvalue weighted by Gasteiger charge is 1.99. The van der Waals surface area contributed by atoms with Gasteiger partial charge < -0.3 is 15.1 Å². The lowest BCUT2D eigenvalue weighted by molar-refractivity contribution is 0.518. The molecule has 2 aromatic heterocycles. The Morgan fingerprint density at radius 2 is 2.11 bits per heavy atom. The summed E-state index contributed by atoms with van der Waals surface area (Å²) < 4.78 is 5.21. The van der Waals surface area contributed by atoms with Gasteiger partial charge in [-0.15, -0.1) is 0 Å². The molecule has 18 heavy (non-hydrogen) atoms. The highest BCUT2D eigenvalue weighted by atomic mass is 16.3. The number of anilines is 2. The smallest absolute Gasteiger partial charge is 0.131 e. The van der Waals surface area contributed by atoms with Crippen molar-refractivity contribution in [1.82, 2.24) is 9.97 Å². The monoisotopic (exact) mass is 243 g/mol. The van der Waals surface area contributed by atoms with Gasteiger partial charge in [0.15, 0.2) is 0 Å². The summed E-state index contributed by atoms with van der Waals surface area (Å²) in [7, 11) is 0.